The fraction of sp³-hybridized carbons (Fsp3) is 0.579. The predicted octanol–water partition coefficient (Wildman–Crippen LogP) is 1.44. The number of carbonyl (C=O) groups is 2. The number of anilines is 1. The lowest BCUT2D eigenvalue weighted by molar-refractivity contribution is -0.150. The molecule has 2 amide bonds. The molecule has 2 saturated heterocycles. The monoisotopic (exact) mass is 345 g/mol. The standard InChI is InChI=1S/C19H27N3O3/c20-16-6-2-1-5-15(16)8-9-18(23)22-10-4-3-7-17(22)19(24)21-11-13-25-14-12-21/h1-2,5-6,17H,3-4,7-14,20H2. The van der Waals surface area contributed by atoms with Crippen LogP contribution in [0.25, 0.3) is 0 Å². The van der Waals surface area contributed by atoms with E-state index in [2.05, 4.69) is 0 Å². The van der Waals surface area contributed by atoms with Crippen molar-refractivity contribution in [1.82, 2.24) is 9.80 Å². The molecule has 0 aliphatic carbocycles. The van der Waals surface area contributed by atoms with Crippen LogP contribution in [0.5, 0.6) is 0 Å². The minimum atomic E-state index is -0.313. The second-order valence-corrected chi connectivity index (χ2v) is 6.74. The Labute approximate surface area is 148 Å². The number of amides is 2. The molecule has 0 spiro atoms. The number of nitrogens with two attached hydrogens (primary N) is 1. The molecule has 0 aromatic heterocycles. The van der Waals surface area contributed by atoms with Crippen LogP contribution in [-0.4, -0.2) is 60.5 Å². The number of nitrogens with zero attached hydrogens (tertiary/aromatic N) is 2. The average molecular weight is 345 g/mol. The van der Waals surface area contributed by atoms with Gasteiger partial charge in [-0.3, -0.25) is 9.59 Å². The van der Waals surface area contributed by atoms with Crippen molar-refractivity contribution >= 4 is 17.5 Å². The van der Waals surface area contributed by atoms with Gasteiger partial charge >= 0.3 is 0 Å². The first-order valence-electron chi connectivity index (χ1n) is 9.16. The Balaban J connectivity index is 1.62. The molecule has 0 radical (unpaired) electrons. The minimum Gasteiger partial charge on any atom is -0.399 e. The number of rotatable bonds is 4. The molecule has 1 aromatic carbocycles. The third-order valence-electron chi connectivity index (χ3n) is 5.09. The Kier molecular flexibility index (Phi) is 5.91. The third-order valence-corrected chi connectivity index (χ3v) is 5.09. The maximum absolute atomic E-state index is 12.9. The first-order chi connectivity index (χ1) is 12.2. The highest BCUT2D eigenvalue weighted by atomic mass is 16.5. The van der Waals surface area contributed by atoms with Gasteiger partial charge in [-0.15, -0.1) is 0 Å². The molecule has 3 rings (SSSR count). The number of carbonyl (C=O) groups excluding carboxylic acids is 2. The minimum absolute atomic E-state index is 0.0505. The summed E-state index contributed by atoms with van der Waals surface area (Å²) in [6.07, 6.45) is 3.72. The van der Waals surface area contributed by atoms with Gasteiger partial charge in [0, 0.05) is 31.7 Å². The van der Waals surface area contributed by atoms with Crippen molar-refractivity contribution in [3.05, 3.63) is 29.8 Å². The van der Waals surface area contributed by atoms with E-state index in [1.54, 1.807) is 4.90 Å². The van der Waals surface area contributed by atoms with E-state index in [0.717, 1.165) is 30.5 Å². The summed E-state index contributed by atoms with van der Waals surface area (Å²) >= 11 is 0. The van der Waals surface area contributed by atoms with Crippen LogP contribution in [-0.2, 0) is 20.7 Å². The van der Waals surface area contributed by atoms with Crippen LogP contribution in [0.3, 0.4) is 0 Å². The number of morpholine rings is 1. The van der Waals surface area contributed by atoms with Crippen molar-refractivity contribution in [3.63, 3.8) is 0 Å². The summed E-state index contributed by atoms with van der Waals surface area (Å²) in [5.74, 6) is 0.130. The highest BCUT2D eigenvalue weighted by molar-refractivity contribution is 5.88. The number of piperidine rings is 1. The lowest BCUT2D eigenvalue weighted by Crippen LogP contribution is -2.55. The normalized spacial score (nSPS) is 21.2. The molecule has 6 nitrogen and oxygen atoms in total. The number of benzene rings is 1. The fourth-order valence-electron chi connectivity index (χ4n) is 3.63. The molecule has 2 aliphatic rings. The third kappa shape index (κ3) is 4.31. The Bertz CT molecular complexity index is 614. The van der Waals surface area contributed by atoms with Crippen molar-refractivity contribution in [3.8, 4) is 0 Å². The van der Waals surface area contributed by atoms with Crippen molar-refractivity contribution in [2.45, 2.75) is 38.1 Å². The molecular weight excluding hydrogens is 318 g/mol. The topological polar surface area (TPSA) is 75.9 Å². The molecule has 2 aliphatic heterocycles. The van der Waals surface area contributed by atoms with Crippen LogP contribution < -0.4 is 5.73 Å². The van der Waals surface area contributed by atoms with Crippen LogP contribution in [0.4, 0.5) is 5.69 Å². The Morgan fingerprint density at radius 2 is 1.88 bits per heavy atom. The zero-order valence-corrected chi connectivity index (χ0v) is 14.7. The quantitative estimate of drug-likeness (QED) is 0.838. The molecule has 1 unspecified atom stereocenters. The smallest absolute Gasteiger partial charge is 0.245 e. The van der Waals surface area contributed by atoms with E-state index in [1.165, 1.54) is 0 Å². The van der Waals surface area contributed by atoms with Crippen LogP contribution >= 0.6 is 0 Å². The number of nitrogen functional groups attached to an aromatic ring is 1. The van der Waals surface area contributed by atoms with Crippen LogP contribution in [0.1, 0.15) is 31.2 Å². The van der Waals surface area contributed by atoms with Gasteiger partial charge in [0.25, 0.3) is 0 Å². The number of likely N-dealkylation sites (tertiary alicyclic amines) is 1. The summed E-state index contributed by atoms with van der Waals surface area (Å²) in [6, 6.07) is 7.32. The lowest BCUT2D eigenvalue weighted by Gasteiger charge is -2.38. The number of ether oxygens (including phenoxy) is 1. The summed E-state index contributed by atoms with van der Waals surface area (Å²) in [7, 11) is 0. The molecule has 6 heteroatoms. The maximum Gasteiger partial charge on any atom is 0.245 e. The maximum atomic E-state index is 12.9. The molecule has 0 saturated carbocycles. The van der Waals surface area contributed by atoms with Crippen molar-refractivity contribution in [2.24, 2.45) is 0 Å². The van der Waals surface area contributed by atoms with Gasteiger partial charge in [0.1, 0.15) is 6.04 Å². The second-order valence-electron chi connectivity index (χ2n) is 6.74. The number of hydrogen-bond acceptors (Lipinski definition) is 4. The van der Waals surface area contributed by atoms with Gasteiger partial charge in [-0.2, -0.15) is 0 Å². The Morgan fingerprint density at radius 3 is 2.64 bits per heavy atom. The second kappa shape index (κ2) is 8.34. The zero-order valence-electron chi connectivity index (χ0n) is 14.7. The molecule has 1 atom stereocenters. The van der Waals surface area contributed by atoms with E-state index in [1.807, 2.05) is 29.2 Å². The van der Waals surface area contributed by atoms with Gasteiger partial charge in [0.05, 0.1) is 13.2 Å². The van der Waals surface area contributed by atoms with Gasteiger partial charge in [-0.05, 0) is 37.3 Å². The Hall–Kier alpha value is -2.08. The summed E-state index contributed by atoms with van der Waals surface area (Å²) in [5.41, 5.74) is 7.67. The summed E-state index contributed by atoms with van der Waals surface area (Å²) in [5, 5.41) is 0. The summed E-state index contributed by atoms with van der Waals surface area (Å²) < 4.78 is 5.32. The number of aryl methyl sites for hydroxylation is 1. The van der Waals surface area contributed by atoms with Gasteiger partial charge in [-0.1, -0.05) is 18.2 Å². The molecule has 2 fully saturated rings. The SMILES string of the molecule is Nc1ccccc1CCC(=O)N1CCCCC1C(=O)N1CCOCC1. The van der Waals surface area contributed by atoms with Gasteiger partial charge in [-0.25, -0.2) is 0 Å². The molecular formula is C19H27N3O3. The van der Waals surface area contributed by atoms with E-state index in [0.29, 0.717) is 45.7 Å². The van der Waals surface area contributed by atoms with E-state index in [4.69, 9.17) is 10.5 Å². The first kappa shape index (κ1) is 17.7. The molecule has 2 heterocycles. The van der Waals surface area contributed by atoms with Crippen molar-refractivity contribution < 1.29 is 14.3 Å². The van der Waals surface area contributed by atoms with Gasteiger partial charge in [0.2, 0.25) is 11.8 Å². The number of para-hydroxylation sites is 1. The number of hydrogen-bond donors (Lipinski definition) is 1. The van der Waals surface area contributed by atoms with E-state index in [-0.39, 0.29) is 17.9 Å². The predicted molar refractivity (Wildman–Crippen MR) is 95.9 cm³/mol. The Morgan fingerprint density at radius 1 is 1.12 bits per heavy atom. The summed E-state index contributed by atoms with van der Waals surface area (Å²) in [4.78, 5) is 29.3. The highest BCUT2D eigenvalue weighted by Crippen LogP contribution is 2.22. The lowest BCUT2D eigenvalue weighted by atomic mass is 9.99. The van der Waals surface area contributed by atoms with Gasteiger partial charge < -0.3 is 20.3 Å². The molecule has 1 aromatic rings. The highest BCUT2D eigenvalue weighted by Gasteiger charge is 2.34. The molecule has 25 heavy (non-hydrogen) atoms. The average Bonchev–Trinajstić information content (AvgIpc) is 2.67. The van der Waals surface area contributed by atoms with Crippen LogP contribution in [0.2, 0.25) is 0 Å². The van der Waals surface area contributed by atoms with Crippen LogP contribution in [0, 0.1) is 0 Å². The van der Waals surface area contributed by atoms with Crippen molar-refractivity contribution in [2.75, 3.05) is 38.6 Å². The molecule has 2 N–H and O–H groups in total. The largest absolute Gasteiger partial charge is 0.399 e. The van der Waals surface area contributed by atoms with Gasteiger partial charge in [0.15, 0.2) is 0 Å². The van der Waals surface area contributed by atoms with E-state index < -0.39 is 0 Å². The van der Waals surface area contributed by atoms with Crippen molar-refractivity contribution in [1.29, 1.82) is 0 Å². The summed E-state index contributed by atoms with van der Waals surface area (Å²) in [6.45, 7) is 3.08. The van der Waals surface area contributed by atoms with E-state index in [9.17, 15) is 9.59 Å². The van der Waals surface area contributed by atoms with E-state index >= 15 is 0 Å². The fourth-order valence-corrected chi connectivity index (χ4v) is 3.63. The van der Waals surface area contributed by atoms with Crippen LogP contribution in [0.15, 0.2) is 24.3 Å². The molecule has 0 bridgehead atoms. The first-order valence-corrected chi connectivity index (χ1v) is 9.16. The molecule has 136 valence electrons. The zero-order chi connectivity index (χ0) is 17.6.